The van der Waals surface area contributed by atoms with E-state index in [4.69, 9.17) is 0 Å². The Hall–Kier alpha value is -3.13. The average molecular weight is 324 g/mol. The van der Waals surface area contributed by atoms with Crippen LogP contribution in [0.5, 0.6) is 0 Å². The van der Waals surface area contributed by atoms with Crippen LogP contribution in [-0.2, 0) is 0 Å². The van der Waals surface area contributed by atoms with Crippen molar-refractivity contribution in [3.63, 3.8) is 0 Å². The van der Waals surface area contributed by atoms with Crippen LogP contribution in [0.1, 0.15) is 22.7 Å². The first kappa shape index (κ1) is 15.4. The fourth-order valence-electron chi connectivity index (χ4n) is 3.46. The third-order valence-electron chi connectivity index (χ3n) is 4.62. The number of nitrogens with zero attached hydrogens (tertiary/aromatic N) is 2. The molecule has 4 rings (SSSR count). The molecule has 1 atom stereocenters. The van der Waals surface area contributed by atoms with Crippen LogP contribution in [0.4, 0.5) is 0 Å². The molecule has 0 radical (unpaired) electrons. The molecular weight excluding hydrogens is 304 g/mol. The summed E-state index contributed by atoms with van der Waals surface area (Å²) in [5.74, 6) is 0. The van der Waals surface area contributed by atoms with E-state index in [0.717, 1.165) is 0 Å². The Labute approximate surface area is 148 Å². The lowest BCUT2D eigenvalue weighted by Gasteiger charge is -2.25. The van der Waals surface area contributed by atoms with E-state index in [2.05, 4.69) is 95.3 Å². The van der Waals surface area contributed by atoms with Gasteiger partial charge in [0.05, 0.1) is 12.4 Å². The summed E-state index contributed by atoms with van der Waals surface area (Å²) in [6.45, 7) is 2.19. The van der Waals surface area contributed by atoms with Gasteiger partial charge in [-0.2, -0.15) is 0 Å². The summed E-state index contributed by atoms with van der Waals surface area (Å²) in [5, 5.41) is 0. The second kappa shape index (κ2) is 6.78. The van der Waals surface area contributed by atoms with Crippen LogP contribution in [0, 0.1) is 6.92 Å². The van der Waals surface area contributed by atoms with Crippen LogP contribution in [0.15, 0.2) is 97.6 Å². The summed E-state index contributed by atoms with van der Waals surface area (Å²) in [6.07, 6.45) is 5.79. The minimum absolute atomic E-state index is 0.0973. The van der Waals surface area contributed by atoms with Crippen LogP contribution in [0.2, 0.25) is 0 Å². The number of imidazole rings is 1. The molecule has 0 spiro atoms. The smallest absolute Gasteiger partial charge is 0.0954 e. The molecule has 0 saturated heterocycles. The Balaban J connectivity index is 1.97. The molecule has 0 saturated carbocycles. The third-order valence-corrected chi connectivity index (χ3v) is 4.62. The Bertz CT molecular complexity index is 942. The topological polar surface area (TPSA) is 17.8 Å². The van der Waals surface area contributed by atoms with Gasteiger partial charge < -0.3 is 4.57 Å². The van der Waals surface area contributed by atoms with Gasteiger partial charge in [0.15, 0.2) is 0 Å². The van der Waals surface area contributed by atoms with E-state index in [0.29, 0.717) is 0 Å². The van der Waals surface area contributed by atoms with E-state index >= 15 is 0 Å². The van der Waals surface area contributed by atoms with Crippen molar-refractivity contribution in [3.8, 4) is 11.1 Å². The molecule has 0 aliphatic rings. The Morgan fingerprint density at radius 3 is 2.20 bits per heavy atom. The number of rotatable bonds is 4. The second-order valence-corrected chi connectivity index (χ2v) is 6.23. The van der Waals surface area contributed by atoms with Gasteiger partial charge in [0.1, 0.15) is 0 Å². The molecule has 0 aliphatic heterocycles. The van der Waals surface area contributed by atoms with Gasteiger partial charge in [-0.15, -0.1) is 0 Å². The largest absolute Gasteiger partial charge is 0.326 e. The SMILES string of the molecule is Cc1cccc(-c2ccccc2)c1C(c1ccccc1)n1ccnc1. The molecule has 2 heteroatoms. The molecule has 1 unspecified atom stereocenters. The van der Waals surface area contributed by atoms with Gasteiger partial charge >= 0.3 is 0 Å². The first-order valence-corrected chi connectivity index (χ1v) is 8.52. The highest BCUT2D eigenvalue weighted by molar-refractivity contribution is 5.70. The van der Waals surface area contributed by atoms with Crippen molar-refractivity contribution in [1.29, 1.82) is 0 Å². The number of aromatic nitrogens is 2. The van der Waals surface area contributed by atoms with Crippen LogP contribution in [0.3, 0.4) is 0 Å². The Kier molecular flexibility index (Phi) is 4.17. The molecule has 122 valence electrons. The van der Waals surface area contributed by atoms with E-state index < -0.39 is 0 Å². The van der Waals surface area contributed by atoms with Gasteiger partial charge in [0.25, 0.3) is 0 Å². The lowest BCUT2D eigenvalue weighted by molar-refractivity contribution is 0.674. The van der Waals surface area contributed by atoms with Gasteiger partial charge in [-0.05, 0) is 34.7 Å². The van der Waals surface area contributed by atoms with Gasteiger partial charge in [-0.25, -0.2) is 4.98 Å². The van der Waals surface area contributed by atoms with Gasteiger partial charge in [0, 0.05) is 12.4 Å². The molecule has 0 amide bonds. The lowest BCUT2D eigenvalue weighted by atomic mass is 9.87. The van der Waals surface area contributed by atoms with E-state index in [1.54, 1.807) is 0 Å². The van der Waals surface area contributed by atoms with Crippen LogP contribution < -0.4 is 0 Å². The quantitative estimate of drug-likeness (QED) is 0.485. The molecule has 25 heavy (non-hydrogen) atoms. The minimum atomic E-state index is 0.0973. The molecule has 2 nitrogen and oxygen atoms in total. The number of hydrogen-bond donors (Lipinski definition) is 0. The first-order chi connectivity index (χ1) is 12.3. The predicted octanol–water partition coefficient (Wildman–Crippen LogP) is 5.50. The zero-order valence-corrected chi connectivity index (χ0v) is 14.2. The van der Waals surface area contributed by atoms with Crippen molar-refractivity contribution in [3.05, 3.63) is 114 Å². The highest BCUT2D eigenvalue weighted by Crippen LogP contribution is 2.36. The van der Waals surface area contributed by atoms with Crippen molar-refractivity contribution in [2.24, 2.45) is 0 Å². The highest BCUT2D eigenvalue weighted by atomic mass is 15.1. The minimum Gasteiger partial charge on any atom is -0.326 e. The Morgan fingerprint density at radius 1 is 0.800 bits per heavy atom. The summed E-state index contributed by atoms with van der Waals surface area (Å²) in [6, 6.07) is 27.9. The molecule has 4 aromatic rings. The number of hydrogen-bond acceptors (Lipinski definition) is 1. The lowest BCUT2D eigenvalue weighted by Crippen LogP contribution is -2.13. The normalized spacial score (nSPS) is 12.0. The maximum Gasteiger partial charge on any atom is 0.0954 e. The van der Waals surface area contributed by atoms with Crippen molar-refractivity contribution in [2.45, 2.75) is 13.0 Å². The third kappa shape index (κ3) is 2.99. The average Bonchev–Trinajstić information content (AvgIpc) is 3.19. The zero-order valence-electron chi connectivity index (χ0n) is 14.2. The summed E-state index contributed by atoms with van der Waals surface area (Å²) in [4.78, 5) is 4.29. The van der Waals surface area contributed by atoms with Gasteiger partial charge in [0.2, 0.25) is 0 Å². The first-order valence-electron chi connectivity index (χ1n) is 8.52. The molecule has 1 heterocycles. The summed E-state index contributed by atoms with van der Waals surface area (Å²) >= 11 is 0. The van der Waals surface area contributed by atoms with Gasteiger partial charge in [-0.3, -0.25) is 0 Å². The van der Waals surface area contributed by atoms with E-state index in [1.807, 2.05) is 18.7 Å². The number of benzene rings is 3. The maximum atomic E-state index is 4.29. The monoisotopic (exact) mass is 324 g/mol. The molecule has 3 aromatic carbocycles. The molecule has 0 fully saturated rings. The molecule has 0 aliphatic carbocycles. The fourth-order valence-corrected chi connectivity index (χ4v) is 3.46. The van der Waals surface area contributed by atoms with Crippen molar-refractivity contribution in [1.82, 2.24) is 9.55 Å². The van der Waals surface area contributed by atoms with Crippen molar-refractivity contribution >= 4 is 0 Å². The summed E-state index contributed by atoms with van der Waals surface area (Å²) < 4.78 is 2.18. The maximum absolute atomic E-state index is 4.29. The van der Waals surface area contributed by atoms with Crippen molar-refractivity contribution in [2.75, 3.05) is 0 Å². The molecular formula is C23H20N2. The van der Waals surface area contributed by atoms with Crippen LogP contribution in [-0.4, -0.2) is 9.55 Å². The van der Waals surface area contributed by atoms with E-state index in [-0.39, 0.29) is 6.04 Å². The number of aryl methyl sites for hydroxylation is 1. The zero-order chi connectivity index (χ0) is 17.1. The van der Waals surface area contributed by atoms with Crippen LogP contribution in [0.25, 0.3) is 11.1 Å². The van der Waals surface area contributed by atoms with Crippen LogP contribution >= 0.6 is 0 Å². The summed E-state index contributed by atoms with van der Waals surface area (Å²) in [7, 11) is 0. The molecule has 1 aromatic heterocycles. The van der Waals surface area contributed by atoms with Gasteiger partial charge in [-0.1, -0.05) is 78.9 Å². The van der Waals surface area contributed by atoms with E-state index in [9.17, 15) is 0 Å². The molecule has 0 N–H and O–H groups in total. The summed E-state index contributed by atoms with van der Waals surface area (Å²) in [5.41, 5.74) is 6.36. The fraction of sp³-hybridized carbons (Fsp3) is 0.0870. The Morgan fingerprint density at radius 2 is 1.52 bits per heavy atom. The predicted molar refractivity (Wildman–Crippen MR) is 103 cm³/mol. The standard InChI is InChI=1S/C23H20N2/c1-18-9-8-14-21(19-10-4-2-5-11-19)22(18)23(25-16-15-24-17-25)20-12-6-3-7-13-20/h2-17,23H,1H3. The highest BCUT2D eigenvalue weighted by Gasteiger charge is 2.21. The second-order valence-electron chi connectivity index (χ2n) is 6.23. The van der Waals surface area contributed by atoms with E-state index in [1.165, 1.54) is 27.8 Å². The molecule has 0 bridgehead atoms. The van der Waals surface area contributed by atoms with Crippen molar-refractivity contribution < 1.29 is 0 Å².